The minimum Gasteiger partial charge on any atom is -0.347 e. The van der Waals surface area contributed by atoms with Crippen LogP contribution < -0.4 is 5.32 Å². The van der Waals surface area contributed by atoms with Crippen molar-refractivity contribution in [1.82, 2.24) is 10.2 Å². The van der Waals surface area contributed by atoms with Gasteiger partial charge in [0.15, 0.2) is 0 Å². The number of amides is 2. The second kappa shape index (κ2) is 7.95. The zero-order valence-electron chi connectivity index (χ0n) is 13.6. The fraction of sp³-hybridized carbons (Fsp3) is 0.667. The lowest BCUT2D eigenvalue weighted by Gasteiger charge is -2.25. The molecule has 1 saturated carbocycles. The molecular weight excluding hydrogens is 308 g/mol. The fourth-order valence-corrected chi connectivity index (χ4v) is 4.58. The molecule has 2 amide bonds. The largest absolute Gasteiger partial charge is 0.347 e. The number of carbonyl (C=O) groups excluding carboxylic acids is 2. The molecule has 5 heteroatoms. The van der Waals surface area contributed by atoms with Crippen LogP contribution in [0.4, 0.5) is 0 Å². The Morgan fingerprint density at radius 2 is 2.00 bits per heavy atom. The van der Waals surface area contributed by atoms with Crippen LogP contribution in [-0.2, 0) is 9.59 Å². The van der Waals surface area contributed by atoms with Gasteiger partial charge >= 0.3 is 0 Å². The number of thiophene rings is 1. The van der Waals surface area contributed by atoms with Gasteiger partial charge in [-0.2, -0.15) is 11.3 Å². The summed E-state index contributed by atoms with van der Waals surface area (Å²) in [7, 11) is 0. The van der Waals surface area contributed by atoms with Crippen molar-refractivity contribution in [2.24, 2.45) is 5.92 Å². The number of hydrogen-bond donors (Lipinski definition) is 1. The summed E-state index contributed by atoms with van der Waals surface area (Å²) < 4.78 is 0. The van der Waals surface area contributed by atoms with E-state index in [0.29, 0.717) is 12.3 Å². The Kier molecular flexibility index (Phi) is 5.70. The van der Waals surface area contributed by atoms with E-state index in [9.17, 15) is 9.59 Å². The zero-order valence-corrected chi connectivity index (χ0v) is 14.4. The highest BCUT2D eigenvalue weighted by Crippen LogP contribution is 2.33. The summed E-state index contributed by atoms with van der Waals surface area (Å²) in [5, 5.41) is 7.03. The third-order valence-corrected chi connectivity index (χ3v) is 5.84. The average molecular weight is 334 g/mol. The van der Waals surface area contributed by atoms with Crippen LogP contribution >= 0.6 is 11.3 Å². The number of rotatable bonds is 5. The molecule has 1 aliphatic heterocycles. The van der Waals surface area contributed by atoms with Crippen molar-refractivity contribution in [3.8, 4) is 0 Å². The van der Waals surface area contributed by atoms with Crippen LogP contribution in [0.25, 0.3) is 0 Å². The maximum Gasteiger partial charge on any atom is 0.242 e. The summed E-state index contributed by atoms with van der Waals surface area (Å²) in [4.78, 5) is 26.5. The first-order valence-corrected chi connectivity index (χ1v) is 9.76. The molecule has 1 atom stereocenters. The average Bonchev–Trinajstić information content (AvgIpc) is 3.24. The Bertz CT molecular complexity index is 523. The van der Waals surface area contributed by atoms with Crippen LogP contribution in [0.2, 0.25) is 0 Å². The smallest absolute Gasteiger partial charge is 0.242 e. The monoisotopic (exact) mass is 334 g/mol. The predicted octanol–water partition coefficient (Wildman–Crippen LogP) is 3.50. The molecule has 1 unspecified atom stereocenters. The second-order valence-electron chi connectivity index (χ2n) is 6.79. The standard InChI is InChI=1S/C18H26N2O2S/c21-17(11-14-5-2-1-3-6-14)19-12-18(22)20-9-4-7-16(20)15-8-10-23-13-15/h8,10,13-14,16H,1-7,9,11-12H2,(H,19,21). The number of nitrogens with zero attached hydrogens (tertiary/aromatic N) is 1. The molecule has 23 heavy (non-hydrogen) atoms. The second-order valence-corrected chi connectivity index (χ2v) is 7.57. The Morgan fingerprint density at radius 3 is 2.74 bits per heavy atom. The molecule has 1 aromatic rings. The number of nitrogens with one attached hydrogen (secondary N) is 1. The minimum atomic E-state index is 0.0385. The van der Waals surface area contributed by atoms with Gasteiger partial charge in [0.05, 0.1) is 12.6 Å². The molecule has 3 rings (SSSR count). The van der Waals surface area contributed by atoms with Crippen molar-refractivity contribution in [3.63, 3.8) is 0 Å². The summed E-state index contributed by atoms with van der Waals surface area (Å²) in [6.07, 6.45) is 8.76. The van der Waals surface area contributed by atoms with E-state index in [4.69, 9.17) is 0 Å². The Labute approximate surface area is 142 Å². The number of likely N-dealkylation sites (tertiary alicyclic amines) is 1. The molecule has 2 aliphatic rings. The zero-order chi connectivity index (χ0) is 16.1. The molecule has 126 valence electrons. The Hall–Kier alpha value is -1.36. The van der Waals surface area contributed by atoms with Gasteiger partial charge in [-0.3, -0.25) is 9.59 Å². The molecule has 0 bridgehead atoms. The SMILES string of the molecule is O=C(CC1CCCCC1)NCC(=O)N1CCCC1c1ccsc1. The van der Waals surface area contributed by atoms with Crippen molar-refractivity contribution in [2.75, 3.05) is 13.1 Å². The number of hydrogen-bond acceptors (Lipinski definition) is 3. The van der Waals surface area contributed by atoms with Crippen molar-refractivity contribution < 1.29 is 9.59 Å². The van der Waals surface area contributed by atoms with Crippen LogP contribution in [0.5, 0.6) is 0 Å². The van der Waals surface area contributed by atoms with E-state index in [1.54, 1.807) is 11.3 Å². The molecule has 1 aliphatic carbocycles. The lowest BCUT2D eigenvalue weighted by molar-refractivity contribution is -0.133. The van der Waals surface area contributed by atoms with Crippen LogP contribution in [0.3, 0.4) is 0 Å². The van der Waals surface area contributed by atoms with Crippen LogP contribution in [-0.4, -0.2) is 29.8 Å². The molecule has 2 heterocycles. The predicted molar refractivity (Wildman–Crippen MR) is 92.2 cm³/mol. The maximum atomic E-state index is 12.5. The summed E-state index contributed by atoms with van der Waals surface area (Å²) in [6.45, 7) is 0.948. The molecule has 0 radical (unpaired) electrons. The quantitative estimate of drug-likeness (QED) is 0.896. The summed E-state index contributed by atoms with van der Waals surface area (Å²) in [5.41, 5.74) is 1.23. The van der Waals surface area contributed by atoms with E-state index in [0.717, 1.165) is 32.2 Å². The molecule has 0 spiro atoms. The molecule has 1 aromatic heterocycles. The highest BCUT2D eigenvalue weighted by molar-refractivity contribution is 7.07. The number of carbonyl (C=O) groups is 2. The van der Waals surface area contributed by atoms with E-state index in [2.05, 4.69) is 22.1 Å². The topological polar surface area (TPSA) is 49.4 Å². The van der Waals surface area contributed by atoms with Gasteiger partial charge < -0.3 is 10.2 Å². The minimum absolute atomic E-state index is 0.0385. The molecule has 1 N–H and O–H groups in total. The van der Waals surface area contributed by atoms with E-state index in [1.165, 1.54) is 24.8 Å². The van der Waals surface area contributed by atoms with Crippen molar-refractivity contribution >= 4 is 23.2 Å². The van der Waals surface area contributed by atoms with Crippen LogP contribution in [0.15, 0.2) is 16.8 Å². The van der Waals surface area contributed by atoms with Gasteiger partial charge in [0.25, 0.3) is 0 Å². The lowest BCUT2D eigenvalue weighted by atomic mass is 9.87. The fourth-order valence-electron chi connectivity index (χ4n) is 3.88. The third kappa shape index (κ3) is 4.34. The summed E-state index contributed by atoms with van der Waals surface area (Å²) in [6, 6.07) is 2.30. The Morgan fingerprint density at radius 1 is 1.17 bits per heavy atom. The van der Waals surface area contributed by atoms with Gasteiger partial charge in [-0.15, -0.1) is 0 Å². The van der Waals surface area contributed by atoms with Crippen molar-refractivity contribution in [2.45, 2.75) is 57.4 Å². The van der Waals surface area contributed by atoms with Gasteiger partial charge in [-0.1, -0.05) is 19.3 Å². The van der Waals surface area contributed by atoms with E-state index < -0.39 is 0 Å². The highest BCUT2D eigenvalue weighted by atomic mass is 32.1. The van der Waals surface area contributed by atoms with Crippen molar-refractivity contribution in [1.29, 1.82) is 0 Å². The van der Waals surface area contributed by atoms with Gasteiger partial charge in [0, 0.05) is 13.0 Å². The lowest BCUT2D eigenvalue weighted by Crippen LogP contribution is -2.40. The first-order chi connectivity index (χ1) is 11.2. The highest BCUT2D eigenvalue weighted by Gasteiger charge is 2.30. The van der Waals surface area contributed by atoms with E-state index in [-0.39, 0.29) is 24.4 Å². The van der Waals surface area contributed by atoms with Gasteiger partial charge in [-0.05, 0) is 54.0 Å². The molecule has 1 saturated heterocycles. The summed E-state index contributed by atoms with van der Waals surface area (Å²) >= 11 is 1.67. The van der Waals surface area contributed by atoms with E-state index in [1.807, 2.05) is 4.90 Å². The Balaban J connectivity index is 1.46. The molecule has 4 nitrogen and oxygen atoms in total. The molecule has 2 fully saturated rings. The first kappa shape index (κ1) is 16.5. The van der Waals surface area contributed by atoms with Gasteiger partial charge in [-0.25, -0.2) is 0 Å². The third-order valence-electron chi connectivity index (χ3n) is 5.14. The van der Waals surface area contributed by atoms with E-state index >= 15 is 0 Å². The van der Waals surface area contributed by atoms with Crippen LogP contribution in [0.1, 0.15) is 63.0 Å². The molecular formula is C18H26N2O2S. The molecule has 0 aromatic carbocycles. The maximum absolute atomic E-state index is 12.5. The summed E-state index contributed by atoms with van der Waals surface area (Å²) in [5.74, 6) is 0.608. The normalized spacial score (nSPS) is 22.3. The van der Waals surface area contributed by atoms with Gasteiger partial charge in [0.2, 0.25) is 11.8 Å². The van der Waals surface area contributed by atoms with Crippen LogP contribution in [0, 0.1) is 5.92 Å². The first-order valence-electron chi connectivity index (χ1n) is 8.82. The van der Waals surface area contributed by atoms with Gasteiger partial charge in [0.1, 0.15) is 0 Å². The van der Waals surface area contributed by atoms with Crippen molar-refractivity contribution in [3.05, 3.63) is 22.4 Å².